The Morgan fingerprint density at radius 1 is 1.40 bits per heavy atom. The van der Waals surface area contributed by atoms with Crippen LogP contribution in [0.5, 0.6) is 0 Å². The fourth-order valence-corrected chi connectivity index (χ4v) is 3.65. The number of pyridine rings is 1. The maximum Gasteiger partial charge on any atom is 0.312 e. The van der Waals surface area contributed by atoms with Gasteiger partial charge in [-0.2, -0.15) is 0 Å². The zero-order chi connectivity index (χ0) is 17.6. The molecule has 132 valence electrons. The Morgan fingerprint density at radius 2 is 2.20 bits per heavy atom. The number of nitrogens with one attached hydrogen (secondary N) is 1. The Labute approximate surface area is 150 Å². The van der Waals surface area contributed by atoms with E-state index in [9.17, 15) is 9.59 Å². The van der Waals surface area contributed by atoms with Crippen molar-refractivity contribution >= 4 is 23.2 Å². The number of aromatic nitrogens is 2. The van der Waals surface area contributed by atoms with Crippen LogP contribution in [0.15, 0.2) is 29.9 Å². The summed E-state index contributed by atoms with van der Waals surface area (Å²) in [6.45, 7) is 1.60. The third kappa shape index (κ3) is 4.85. The van der Waals surface area contributed by atoms with Crippen LogP contribution in [0.25, 0.3) is 10.6 Å². The van der Waals surface area contributed by atoms with Crippen LogP contribution in [0.4, 0.5) is 0 Å². The van der Waals surface area contributed by atoms with E-state index in [1.54, 1.807) is 19.3 Å². The monoisotopic (exact) mass is 359 g/mol. The molecule has 1 atom stereocenters. The maximum absolute atomic E-state index is 12.1. The summed E-state index contributed by atoms with van der Waals surface area (Å²) in [5.41, 5.74) is 1.55. The zero-order valence-corrected chi connectivity index (χ0v) is 14.9. The van der Waals surface area contributed by atoms with Crippen molar-refractivity contribution in [3.63, 3.8) is 0 Å². The van der Waals surface area contributed by atoms with E-state index in [0.717, 1.165) is 36.3 Å². The molecule has 6 nitrogen and oxygen atoms in total. The zero-order valence-electron chi connectivity index (χ0n) is 14.1. The van der Waals surface area contributed by atoms with Crippen molar-refractivity contribution in [3.8, 4) is 10.6 Å². The fourth-order valence-electron chi connectivity index (χ4n) is 2.84. The summed E-state index contributed by atoms with van der Waals surface area (Å²) in [7, 11) is 0. The van der Waals surface area contributed by atoms with Crippen LogP contribution in [0, 0.1) is 0 Å². The highest BCUT2D eigenvalue weighted by molar-refractivity contribution is 7.13. The second kappa shape index (κ2) is 8.20. The first-order valence-electron chi connectivity index (χ1n) is 8.46. The minimum atomic E-state index is -0.787. The second-order valence-electron chi connectivity index (χ2n) is 6.18. The predicted molar refractivity (Wildman–Crippen MR) is 95.0 cm³/mol. The van der Waals surface area contributed by atoms with E-state index in [0.29, 0.717) is 5.69 Å². The van der Waals surface area contributed by atoms with E-state index in [4.69, 9.17) is 4.74 Å². The van der Waals surface area contributed by atoms with Crippen LogP contribution in [-0.2, 0) is 20.7 Å². The number of hydrogen-bond acceptors (Lipinski definition) is 6. The van der Waals surface area contributed by atoms with Crippen molar-refractivity contribution in [2.75, 3.05) is 0 Å². The van der Waals surface area contributed by atoms with Gasteiger partial charge in [-0.1, -0.05) is 12.8 Å². The van der Waals surface area contributed by atoms with Gasteiger partial charge in [0.25, 0.3) is 5.91 Å². The van der Waals surface area contributed by atoms with Crippen molar-refractivity contribution in [2.24, 2.45) is 0 Å². The highest BCUT2D eigenvalue weighted by Gasteiger charge is 2.23. The number of ether oxygens (including phenoxy) is 1. The molecule has 2 aromatic rings. The van der Waals surface area contributed by atoms with E-state index in [1.807, 2.05) is 17.5 Å². The SMILES string of the molecule is C[C@H](OC(=O)Cc1csc(-c2cccnc2)n1)C(=O)NC1CCCC1. The Hall–Kier alpha value is -2.28. The van der Waals surface area contributed by atoms with Gasteiger partial charge in [-0.25, -0.2) is 4.98 Å². The van der Waals surface area contributed by atoms with Crippen molar-refractivity contribution < 1.29 is 14.3 Å². The van der Waals surface area contributed by atoms with Gasteiger partial charge in [0.05, 0.1) is 12.1 Å². The van der Waals surface area contributed by atoms with Gasteiger partial charge in [0.15, 0.2) is 6.10 Å². The summed E-state index contributed by atoms with van der Waals surface area (Å²) in [6.07, 6.45) is 6.99. The normalized spacial score (nSPS) is 15.7. The Bertz CT molecular complexity index is 726. The molecule has 1 N–H and O–H groups in total. The number of rotatable bonds is 6. The van der Waals surface area contributed by atoms with Crippen molar-refractivity contribution in [3.05, 3.63) is 35.6 Å². The van der Waals surface area contributed by atoms with Crippen LogP contribution in [0.3, 0.4) is 0 Å². The Balaban J connectivity index is 1.50. The molecule has 0 aromatic carbocycles. The molecule has 0 unspecified atom stereocenters. The molecule has 1 aliphatic carbocycles. The number of esters is 1. The van der Waals surface area contributed by atoms with Crippen LogP contribution in [0.2, 0.25) is 0 Å². The number of carbonyl (C=O) groups is 2. The number of hydrogen-bond donors (Lipinski definition) is 1. The fraction of sp³-hybridized carbons (Fsp3) is 0.444. The largest absolute Gasteiger partial charge is 0.452 e. The third-order valence-electron chi connectivity index (χ3n) is 4.16. The van der Waals surface area contributed by atoms with E-state index in [2.05, 4.69) is 15.3 Å². The van der Waals surface area contributed by atoms with Gasteiger partial charge >= 0.3 is 5.97 Å². The van der Waals surface area contributed by atoms with Gasteiger partial charge in [0.2, 0.25) is 0 Å². The molecule has 1 saturated carbocycles. The molecular weight excluding hydrogens is 338 g/mol. The second-order valence-corrected chi connectivity index (χ2v) is 7.04. The van der Waals surface area contributed by atoms with Crippen LogP contribution in [-0.4, -0.2) is 34.0 Å². The average Bonchev–Trinajstić information content (AvgIpc) is 3.27. The van der Waals surface area contributed by atoms with Gasteiger partial charge in [0, 0.05) is 29.4 Å². The smallest absolute Gasteiger partial charge is 0.312 e. The average molecular weight is 359 g/mol. The Morgan fingerprint density at radius 3 is 2.92 bits per heavy atom. The lowest BCUT2D eigenvalue weighted by atomic mass is 10.2. The Kier molecular flexibility index (Phi) is 5.75. The highest BCUT2D eigenvalue weighted by atomic mass is 32.1. The topological polar surface area (TPSA) is 81.2 Å². The molecule has 7 heteroatoms. The van der Waals surface area contributed by atoms with E-state index >= 15 is 0 Å². The van der Waals surface area contributed by atoms with Crippen molar-refractivity contribution in [1.29, 1.82) is 0 Å². The molecule has 3 rings (SSSR count). The van der Waals surface area contributed by atoms with Gasteiger partial charge in [0.1, 0.15) is 5.01 Å². The molecule has 1 fully saturated rings. The summed E-state index contributed by atoms with van der Waals surface area (Å²) in [6, 6.07) is 3.98. The predicted octanol–water partition coefficient (Wildman–Crippen LogP) is 2.74. The minimum Gasteiger partial charge on any atom is -0.452 e. The van der Waals surface area contributed by atoms with E-state index in [-0.39, 0.29) is 18.4 Å². The van der Waals surface area contributed by atoms with Gasteiger partial charge in [-0.15, -0.1) is 11.3 Å². The summed E-state index contributed by atoms with van der Waals surface area (Å²) < 4.78 is 5.24. The standard InChI is InChI=1S/C18H21N3O3S/c1-12(17(23)20-14-6-2-3-7-14)24-16(22)9-15-11-25-18(21-15)13-5-4-8-19-10-13/h4-5,8,10-12,14H,2-3,6-7,9H2,1H3,(H,20,23)/t12-/m0/s1. The van der Waals surface area contributed by atoms with E-state index < -0.39 is 12.1 Å². The highest BCUT2D eigenvalue weighted by Crippen LogP contribution is 2.23. The lowest BCUT2D eigenvalue weighted by Gasteiger charge is -2.16. The molecule has 1 amide bonds. The summed E-state index contributed by atoms with van der Waals surface area (Å²) in [5, 5.41) is 5.57. The lowest BCUT2D eigenvalue weighted by Crippen LogP contribution is -2.41. The lowest BCUT2D eigenvalue weighted by molar-refractivity contribution is -0.154. The van der Waals surface area contributed by atoms with Crippen molar-refractivity contribution in [2.45, 2.75) is 51.2 Å². The van der Waals surface area contributed by atoms with Crippen LogP contribution < -0.4 is 5.32 Å². The number of carbonyl (C=O) groups excluding carboxylic acids is 2. The third-order valence-corrected chi connectivity index (χ3v) is 5.10. The van der Waals surface area contributed by atoms with Gasteiger partial charge in [-0.3, -0.25) is 14.6 Å². The first-order chi connectivity index (χ1) is 12.1. The van der Waals surface area contributed by atoms with Gasteiger partial charge in [-0.05, 0) is 31.9 Å². The van der Waals surface area contributed by atoms with Crippen LogP contribution >= 0.6 is 11.3 Å². The van der Waals surface area contributed by atoms with Gasteiger partial charge < -0.3 is 10.1 Å². The molecular formula is C18H21N3O3S. The number of amides is 1. The summed E-state index contributed by atoms with van der Waals surface area (Å²) in [5.74, 6) is -0.674. The molecule has 0 bridgehead atoms. The maximum atomic E-state index is 12.1. The van der Waals surface area contributed by atoms with E-state index in [1.165, 1.54) is 11.3 Å². The molecule has 0 spiro atoms. The molecule has 0 radical (unpaired) electrons. The quantitative estimate of drug-likeness (QED) is 0.802. The molecule has 0 saturated heterocycles. The molecule has 2 heterocycles. The van der Waals surface area contributed by atoms with Crippen LogP contribution in [0.1, 0.15) is 38.3 Å². The molecule has 1 aliphatic rings. The molecule has 25 heavy (non-hydrogen) atoms. The first-order valence-corrected chi connectivity index (χ1v) is 9.34. The molecule has 2 aromatic heterocycles. The molecule has 0 aliphatic heterocycles. The first kappa shape index (κ1) is 17.5. The summed E-state index contributed by atoms with van der Waals surface area (Å²) >= 11 is 1.45. The number of nitrogens with zero attached hydrogens (tertiary/aromatic N) is 2. The summed E-state index contributed by atoms with van der Waals surface area (Å²) in [4.78, 5) is 32.6. The minimum absolute atomic E-state index is 0.0534. The number of thiazole rings is 1. The van der Waals surface area contributed by atoms with Crippen molar-refractivity contribution in [1.82, 2.24) is 15.3 Å².